The monoisotopic (exact) mass is 339 g/mol. The first kappa shape index (κ1) is 16.2. The van der Waals surface area contributed by atoms with E-state index in [2.05, 4.69) is 13.2 Å². The minimum absolute atomic E-state index is 0.517. The lowest BCUT2D eigenvalue weighted by atomic mass is 10.8. The van der Waals surface area contributed by atoms with Crippen molar-refractivity contribution in [1.82, 2.24) is 0 Å². The Morgan fingerprint density at radius 1 is 1.33 bits per heavy atom. The Bertz CT molecular complexity index is 238. The van der Waals surface area contributed by atoms with Gasteiger partial charge in [0.15, 0.2) is 0 Å². The van der Waals surface area contributed by atoms with E-state index in [4.69, 9.17) is 52.5 Å². The fraction of sp³-hybridized carbons (Fsp3) is 0.333. The van der Waals surface area contributed by atoms with Crippen LogP contribution in [-0.2, 0) is 8.23 Å². The van der Waals surface area contributed by atoms with Crippen LogP contribution >= 0.6 is 44.3 Å². The number of hydrogen-bond acceptors (Lipinski definition) is 2. The molecule has 0 aliphatic carbocycles. The third kappa shape index (κ3) is 7.19. The number of hydrogen-bond donors (Lipinski definition) is 0. The lowest BCUT2D eigenvalue weighted by Crippen LogP contribution is -2.47. The van der Waals surface area contributed by atoms with Crippen LogP contribution < -0.4 is 0 Å². The second kappa shape index (κ2) is 6.83. The summed E-state index contributed by atoms with van der Waals surface area (Å²) in [5, 5.41) is 0. The molecule has 0 amide bonds. The van der Waals surface area contributed by atoms with Crippen molar-refractivity contribution in [2.24, 2.45) is 0 Å². The van der Waals surface area contributed by atoms with Gasteiger partial charge in [0.1, 0.15) is 0 Å². The highest BCUT2D eigenvalue weighted by molar-refractivity contribution is 7.46. The van der Waals surface area contributed by atoms with Gasteiger partial charge < -0.3 is 8.23 Å². The van der Waals surface area contributed by atoms with Crippen molar-refractivity contribution in [3.63, 3.8) is 0 Å². The van der Waals surface area contributed by atoms with E-state index < -0.39 is 23.2 Å². The molecule has 0 aromatic heterocycles. The summed E-state index contributed by atoms with van der Waals surface area (Å²) in [5.41, 5.74) is 1.41. The van der Waals surface area contributed by atoms with Gasteiger partial charge >= 0.3 is 23.2 Å². The van der Waals surface area contributed by atoms with E-state index in [1.54, 1.807) is 12.6 Å². The average Bonchev–Trinajstić information content (AvgIpc) is 2.01. The van der Waals surface area contributed by atoms with E-state index in [1.807, 2.05) is 0 Å². The SMILES string of the molecule is C=CC[Si](C)(O[Si](Cl)Cl)O[Si](Cl)(Cl)C=C. The normalized spacial score (nSPS) is 16.1. The van der Waals surface area contributed by atoms with Crippen molar-refractivity contribution in [3.05, 3.63) is 24.9 Å². The molecule has 15 heavy (non-hydrogen) atoms. The maximum Gasteiger partial charge on any atom is 0.429 e. The Balaban J connectivity index is 4.63. The number of halogens is 4. The Hall–Kier alpha value is 1.21. The van der Waals surface area contributed by atoms with Gasteiger partial charge in [0.2, 0.25) is 0 Å². The Labute approximate surface area is 113 Å². The third-order valence-corrected chi connectivity index (χ3v) is 11.8. The minimum atomic E-state index is -2.92. The topological polar surface area (TPSA) is 18.5 Å². The van der Waals surface area contributed by atoms with Gasteiger partial charge in [-0.25, -0.2) is 0 Å². The van der Waals surface area contributed by atoms with Crippen molar-refractivity contribution >= 4 is 67.5 Å². The van der Waals surface area contributed by atoms with E-state index >= 15 is 0 Å². The highest BCUT2D eigenvalue weighted by Crippen LogP contribution is 2.27. The van der Waals surface area contributed by atoms with Crippen molar-refractivity contribution in [2.75, 3.05) is 0 Å². The maximum atomic E-state index is 5.93. The molecular formula is C6H11Cl4O2Si3. The molecule has 0 spiro atoms. The fourth-order valence-electron chi connectivity index (χ4n) is 0.859. The summed E-state index contributed by atoms with van der Waals surface area (Å²) < 4.78 is 11.0. The van der Waals surface area contributed by atoms with Gasteiger partial charge in [-0.1, -0.05) is 6.08 Å². The van der Waals surface area contributed by atoms with Gasteiger partial charge in [-0.3, -0.25) is 0 Å². The first-order chi connectivity index (χ1) is 6.74. The highest BCUT2D eigenvalue weighted by Gasteiger charge is 2.42. The molecule has 0 fully saturated rings. The zero-order valence-electron chi connectivity index (χ0n) is 8.10. The van der Waals surface area contributed by atoms with Crippen LogP contribution in [0.3, 0.4) is 0 Å². The Morgan fingerprint density at radius 2 is 1.87 bits per heavy atom. The van der Waals surface area contributed by atoms with Crippen LogP contribution in [0.15, 0.2) is 24.9 Å². The molecule has 9 heteroatoms. The van der Waals surface area contributed by atoms with Crippen LogP contribution in [0.1, 0.15) is 0 Å². The van der Waals surface area contributed by atoms with Crippen LogP contribution in [0.5, 0.6) is 0 Å². The van der Waals surface area contributed by atoms with Gasteiger partial charge in [-0.15, -0.1) is 57.5 Å². The summed E-state index contributed by atoms with van der Waals surface area (Å²) in [6.07, 6.45) is 1.67. The maximum absolute atomic E-state index is 5.93. The van der Waals surface area contributed by atoms with Crippen molar-refractivity contribution < 1.29 is 8.23 Å². The summed E-state index contributed by atoms with van der Waals surface area (Å²) in [6.45, 7) is 6.00. The molecule has 0 aromatic rings. The van der Waals surface area contributed by atoms with Crippen LogP contribution in [0.2, 0.25) is 12.6 Å². The lowest BCUT2D eigenvalue weighted by molar-refractivity contribution is 0.421. The molecule has 0 N–H and O–H groups in total. The average molecular weight is 341 g/mol. The third-order valence-electron chi connectivity index (χ3n) is 1.40. The lowest BCUT2D eigenvalue weighted by Gasteiger charge is -2.30. The van der Waals surface area contributed by atoms with Crippen LogP contribution in [0.25, 0.3) is 0 Å². The molecule has 0 saturated heterocycles. The first-order valence-corrected chi connectivity index (χ1v) is 13.9. The van der Waals surface area contributed by atoms with E-state index in [0.29, 0.717) is 6.04 Å². The van der Waals surface area contributed by atoms with Crippen molar-refractivity contribution in [1.29, 1.82) is 0 Å². The quantitative estimate of drug-likeness (QED) is 0.397. The van der Waals surface area contributed by atoms with Gasteiger partial charge in [-0.05, 0) is 12.2 Å². The second-order valence-corrected chi connectivity index (χ2v) is 15.7. The first-order valence-electron chi connectivity index (χ1n) is 3.94. The molecule has 87 valence electrons. The smallest absolute Gasteiger partial charge is 0.412 e. The van der Waals surface area contributed by atoms with Gasteiger partial charge in [0.25, 0.3) is 0 Å². The zero-order chi connectivity index (χ0) is 12.1. The van der Waals surface area contributed by atoms with E-state index in [9.17, 15) is 0 Å². The molecule has 0 bridgehead atoms. The largest absolute Gasteiger partial charge is 0.429 e. The molecule has 0 rings (SSSR count). The van der Waals surface area contributed by atoms with Crippen molar-refractivity contribution in [3.8, 4) is 0 Å². The molecule has 1 atom stereocenters. The molecule has 0 saturated carbocycles. The van der Waals surface area contributed by atoms with Gasteiger partial charge in [0.05, 0.1) is 0 Å². The molecule has 0 aliphatic rings. The molecule has 0 aliphatic heterocycles. The van der Waals surface area contributed by atoms with E-state index in [-0.39, 0.29) is 0 Å². The molecule has 2 nitrogen and oxygen atoms in total. The van der Waals surface area contributed by atoms with Crippen LogP contribution in [0, 0.1) is 0 Å². The van der Waals surface area contributed by atoms with Gasteiger partial charge in [-0.2, -0.15) is 0 Å². The number of allylic oxidation sites excluding steroid dienone is 1. The standard InChI is InChI=1S/C6H11Cl4O2Si3/c1-4-6-14(3,11-13(7)8)12-15(9,10)5-2/h4-5H,1-2,6H2,3H3. The van der Waals surface area contributed by atoms with Gasteiger partial charge in [0, 0.05) is 6.04 Å². The summed E-state index contributed by atoms with van der Waals surface area (Å²) in [5.74, 6) is 0. The summed E-state index contributed by atoms with van der Waals surface area (Å²) in [4.78, 5) is 0. The predicted molar refractivity (Wildman–Crippen MR) is 73.9 cm³/mol. The summed E-state index contributed by atoms with van der Waals surface area (Å²) in [6, 6.07) is 0.517. The fourth-order valence-corrected chi connectivity index (χ4v) is 12.4. The van der Waals surface area contributed by atoms with E-state index in [1.165, 1.54) is 5.70 Å². The Morgan fingerprint density at radius 3 is 2.20 bits per heavy atom. The van der Waals surface area contributed by atoms with Crippen LogP contribution in [-0.4, -0.2) is 23.2 Å². The molecular weight excluding hydrogens is 330 g/mol. The summed E-state index contributed by atoms with van der Waals surface area (Å²) >= 11 is 23.1. The number of rotatable bonds is 7. The minimum Gasteiger partial charge on any atom is -0.412 e. The summed E-state index contributed by atoms with van der Waals surface area (Å²) in [7, 11) is -4.47. The Kier molecular flexibility index (Phi) is 7.38. The van der Waals surface area contributed by atoms with Crippen molar-refractivity contribution in [2.45, 2.75) is 12.6 Å². The second-order valence-electron chi connectivity index (χ2n) is 2.82. The highest BCUT2D eigenvalue weighted by atomic mass is 35.7. The zero-order valence-corrected chi connectivity index (χ0v) is 14.1. The van der Waals surface area contributed by atoms with E-state index in [0.717, 1.165) is 0 Å². The molecule has 1 radical (unpaired) electrons. The molecule has 0 aromatic carbocycles. The predicted octanol–water partition coefficient (Wildman–Crippen LogP) is 3.88. The molecule has 0 heterocycles. The van der Waals surface area contributed by atoms with Crippen LogP contribution in [0.4, 0.5) is 0 Å². The molecule has 1 unspecified atom stereocenters.